The van der Waals surface area contributed by atoms with E-state index in [4.69, 9.17) is 0 Å². The zero-order chi connectivity index (χ0) is 18.7. The minimum Gasteiger partial charge on any atom is -0.350 e. The van der Waals surface area contributed by atoms with Crippen LogP contribution in [0.5, 0.6) is 0 Å². The van der Waals surface area contributed by atoms with Gasteiger partial charge in [0.2, 0.25) is 5.95 Å². The molecule has 3 heterocycles. The number of rotatable bonds is 5. The van der Waals surface area contributed by atoms with Gasteiger partial charge in [0.15, 0.2) is 0 Å². The van der Waals surface area contributed by atoms with Crippen molar-refractivity contribution >= 4 is 5.95 Å². The van der Waals surface area contributed by atoms with Gasteiger partial charge in [-0.2, -0.15) is 5.10 Å². The van der Waals surface area contributed by atoms with Crippen molar-refractivity contribution in [2.24, 2.45) is 0 Å². The van der Waals surface area contributed by atoms with E-state index in [9.17, 15) is 4.79 Å². The summed E-state index contributed by atoms with van der Waals surface area (Å²) in [7, 11) is 0. The number of aromatic nitrogens is 5. The van der Waals surface area contributed by atoms with Crippen LogP contribution in [0.4, 0.5) is 5.95 Å². The number of anilines is 1. The van der Waals surface area contributed by atoms with Gasteiger partial charge in [0.1, 0.15) is 0 Å². The summed E-state index contributed by atoms with van der Waals surface area (Å²) in [6, 6.07) is 3.35. The zero-order valence-corrected chi connectivity index (χ0v) is 15.6. The van der Waals surface area contributed by atoms with E-state index in [1.165, 1.54) is 0 Å². The van der Waals surface area contributed by atoms with Crippen molar-refractivity contribution < 1.29 is 0 Å². The highest BCUT2D eigenvalue weighted by molar-refractivity contribution is 5.60. The number of hydrogen-bond acceptors (Lipinski definition) is 5. The first kappa shape index (κ1) is 17.8. The number of nitrogens with zero attached hydrogens (tertiary/aromatic N) is 5. The maximum atomic E-state index is 11.9. The lowest BCUT2D eigenvalue weighted by Crippen LogP contribution is -2.27. The molecule has 0 bridgehead atoms. The van der Waals surface area contributed by atoms with Crippen LogP contribution in [-0.4, -0.2) is 29.9 Å². The predicted molar refractivity (Wildman–Crippen MR) is 103 cm³/mol. The Hall–Kier alpha value is -2.96. The second kappa shape index (κ2) is 7.11. The zero-order valence-electron chi connectivity index (χ0n) is 15.6. The van der Waals surface area contributed by atoms with Crippen LogP contribution in [-0.2, 0) is 6.54 Å². The van der Waals surface area contributed by atoms with E-state index in [2.05, 4.69) is 41.2 Å². The molecule has 0 fully saturated rings. The third-order valence-electron chi connectivity index (χ3n) is 3.75. The van der Waals surface area contributed by atoms with Gasteiger partial charge in [-0.25, -0.2) is 14.6 Å². The molecule has 0 aliphatic carbocycles. The Morgan fingerprint density at radius 3 is 2.42 bits per heavy atom. The molecule has 3 aromatic heterocycles. The molecule has 0 spiro atoms. The van der Waals surface area contributed by atoms with E-state index >= 15 is 0 Å². The van der Waals surface area contributed by atoms with E-state index in [1.807, 2.05) is 19.3 Å². The SMILES string of the molecule is CCCn1cc(-n2cc(-c3cnc(NC(C)(C)C)nc3)cn2)ccc1=O. The van der Waals surface area contributed by atoms with Crippen molar-refractivity contribution in [3.8, 4) is 16.8 Å². The largest absolute Gasteiger partial charge is 0.350 e. The molecule has 0 amide bonds. The van der Waals surface area contributed by atoms with E-state index in [0.29, 0.717) is 12.5 Å². The van der Waals surface area contributed by atoms with Crippen molar-refractivity contribution in [1.82, 2.24) is 24.3 Å². The number of hydrogen-bond donors (Lipinski definition) is 1. The second-order valence-corrected chi connectivity index (χ2v) is 7.26. The lowest BCUT2D eigenvalue weighted by atomic mass is 10.1. The third kappa shape index (κ3) is 4.17. The number of nitrogens with one attached hydrogen (secondary N) is 1. The summed E-state index contributed by atoms with van der Waals surface area (Å²) in [5, 5.41) is 7.64. The average Bonchev–Trinajstić information content (AvgIpc) is 3.06. The van der Waals surface area contributed by atoms with Crippen molar-refractivity contribution in [2.45, 2.75) is 46.2 Å². The molecule has 0 saturated heterocycles. The van der Waals surface area contributed by atoms with Gasteiger partial charge in [0.05, 0.1) is 11.9 Å². The van der Waals surface area contributed by atoms with Gasteiger partial charge >= 0.3 is 0 Å². The van der Waals surface area contributed by atoms with E-state index in [0.717, 1.165) is 23.2 Å². The fourth-order valence-electron chi connectivity index (χ4n) is 2.56. The Kier molecular flexibility index (Phi) is 4.88. The molecule has 1 N–H and O–H groups in total. The molecule has 0 unspecified atom stereocenters. The molecule has 136 valence electrons. The van der Waals surface area contributed by atoms with Gasteiger partial charge in [-0.15, -0.1) is 0 Å². The van der Waals surface area contributed by atoms with Gasteiger partial charge < -0.3 is 9.88 Å². The minimum atomic E-state index is -0.0893. The lowest BCUT2D eigenvalue weighted by molar-refractivity contribution is 0.626. The summed E-state index contributed by atoms with van der Waals surface area (Å²) < 4.78 is 3.45. The van der Waals surface area contributed by atoms with Crippen LogP contribution in [0.15, 0.2) is 47.9 Å². The van der Waals surface area contributed by atoms with Crippen molar-refractivity contribution in [2.75, 3.05) is 5.32 Å². The standard InChI is InChI=1S/C19H24N6O/c1-5-8-24-13-16(6-7-17(24)26)25-12-15(11-22-25)14-9-20-18(21-10-14)23-19(2,3)4/h6-7,9-13H,5,8H2,1-4H3,(H,20,21,23). The molecule has 3 rings (SSSR count). The summed E-state index contributed by atoms with van der Waals surface area (Å²) >= 11 is 0. The Labute approximate surface area is 152 Å². The first-order valence-electron chi connectivity index (χ1n) is 8.72. The van der Waals surface area contributed by atoms with E-state index < -0.39 is 0 Å². The maximum absolute atomic E-state index is 11.9. The highest BCUT2D eigenvalue weighted by Gasteiger charge is 2.11. The second-order valence-electron chi connectivity index (χ2n) is 7.26. The summed E-state index contributed by atoms with van der Waals surface area (Å²) in [5.41, 5.74) is 2.56. The highest BCUT2D eigenvalue weighted by Crippen LogP contribution is 2.19. The van der Waals surface area contributed by atoms with Gasteiger partial charge in [-0.3, -0.25) is 4.79 Å². The minimum absolute atomic E-state index is 0.00156. The van der Waals surface area contributed by atoms with E-state index in [-0.39, 0.29) is 11.1 Å². The van der Waals surface area contributed by atoms with Crippen LogP contribution in [0.3, 0.4) is 0 Å². The van der Waals surface area contributed by atoms with Gasteiger partial charge in [0, 0.05) is 54.1 Å². The Morgan fingerprint density at radius 2 is 1.77 bits per heavy atom. The fraction of sp³-hybridized carbons (Fsp3) is 0.368. The lowest BCUT2D eigenvalue weighted by Gasteiger charge is -2.20. The molecule has 0 aliphatic heterocycles. The third-order valence-corrected chi connectivity index (χ3v) is 3.75. The fourth-order valence-corrected chi connectivity index (χ4v) is 2.56. The molecule has 0 radical (unpaired) electrons. The smallest absolute Gasteiger partial charge is 0.250 e. The first-order chi connectivity index (χ1) is 12.4. The predicted octanol–water partition coefficient (Wildman–Crippen LogP) is 3.11. The van der Waals surface area contributed by atoms with E-state index in [1.54, 1.807) is 40.0 Å². The molecule has 7 heteroatoms. The Bertz CT molecular complexity index is 934. The first-order valence-corrected chi connectivity index (χ1v) is 8.72. The number of pyridine rings is 1. The van der Waals surface area contributed by atoms with Crippen LogP contribution < -0.4 is 10.9 Å². The van der Waals surface area contributed by atoms with Crippen molar-refractivity contribution in [1.29, 1.82) is 0 Å². The van der Waals surface area contributed by atoms with Gasteiger partial charge in [0.25, 0.3) is 5.56 Å². The van der Waals surface area contributed by atoms with Crippen molar-refractivity contribution in [3.05, 3.63) is 53.5 Å². The van der Waals surface area contributed by atoms with Crippen molar-refractivity contribution in [3.63, 3.8) is 0 Å². The maximum Gasteiger partial charge on any atom is 0.250 e. The highest BCUT2D eigenvalue weighted by atomic mass is 16.1. The summed E-state index contributed by atoms with van der Waals surface area (Å²) in [6.07, 6.45) is 9.97. The topological polar surface area (TPSA) is 77.6 Å². The Morgan fingerprint density at radius 1 is 1.04 bits per heavy atom. The van der Waals surface area contributed by atoms with Gasteiger partial charge in [-0.05, 0) is 33.3 Å². The number of aryl methyl sites for hydroxylation is 1. The molecule has 0 aromatic carbocycles. The van der Waals surface area contributed by atoms with Crippen LogP contribution in [0.25, 0.3) is 16.8 Å². The molecule has 7 nitrogen and oxygen atoms in total. The molecule has 0 atom stereocenters. The average molecular weight is 352 g/mol. The molecular weight excluding hydrogens is 328 g/mol. The van der Waals surface area contributed by atoms with Crippen LogP contribution in [0.2, 0.25) is 0 Å². The summed E-state index contributed by atoms with van der Waals surface area (Å²) in [6.45, 7) is 8.92. The molecular formula is C19H24N6O. The van der Waals surface area contributed by atoms with Crippen LogP contribution in [0.1, 0.15) is 34.1 Å². The molecule has 3 aromatic rings. The quantitative estimate of drug-likeness (QED) is 0.763. The normalized spacial score (nSPS) is 11.5. The van der Waals surface area contributed by atoms with Crippen LogP contribution >= 0.6 is 0 Å². The molecule has 0 saturated carbocycles. The summed E-state index contributed by atoms with van der Waals surface area (Å²) in [4.78, 5) is 20.6. The molecule has 26 heavy (non-hydrogen) atoms. The van der Waals surface area contributed by atoms with Gasteiger partial charge in [-0.1, -0.05) is 6.92 Å². The van der Waals surface area contributed by atoms with Crippen LogP contribution in [0, 0.1) is 0 Å². The Balaban J connectivity index is 1.84. The summed E-state index contributed by atoms with van der Waals surface area (Å²) in [5.74, 6) is 0.597. The monoisotopic (exact) mass is 352 g/mol. The molecule has 0 aliphatic rings.